The summed E-state index contributed by atoms with van der Waals surface area (Å²) in [5.74, 6) is 0.350. The van der Waals surface area contributed by atoms with Crippen LogP contribution in [-0.2, 0) is 9.59 Å². The van der Waals surface area contributed by atoms with Crippen LogP contribution in [0.1, 0.15) is 32.1 Å². The molecule has 5 aliphatic rings. The van der Waals surface area contributed by atoms with Crippen LogP contribution in [0.3, 0.4) is 0 Å². The molecule has 9 heteroatoms. The second-order valence-corrected chi connectivity index (χ2v) is 12.8. The minimum Gasteiger partial charge on any atom is -0.390 e. The molecule has 7 rings (SSSR count). The van der Waals surface area contributed by atoms with Crippen molar-refractivity contribution < 1.29 is 19.8 Å². The number of aromatic nitrogens is 1. The Morgan fingerprint density at radius 2 is 1.49 bits per heavy atom. The Kier molecular flexibility index (Phi) is 6.03. The zero-order valence-corrected chi connectivity index (χ0v) is 21.9. The Hall–Kier alpha value is -2.07. The molecule has 0 radical (unpaired) electrons. The summed E-state index contributed by atoms with van der Waals surface area (Å²) in [5.41, 5.74) is 0. The van der Waals surface area contributed by atoms with E-state index in [9.17, 15) is 19.8 Å². The van der Waals surface area contributed by atoms with Gasteiger partial charge in [-0.25, -0.2) is 0 Å². The lowest BCUT2D eigenvalue weighted by Gasteiger charge is -2.40. The molecule has 2 N–H and O–H groups in total. The Bertz CT molecular complexity index is 1160. The molecule has 1 aromatic heterocycles. The van der Waals surface area contributed by atoms with Crippen LogP contribution in [0, 0.1) is 35.5 Å². The van der Waals surface area contributed by atoms with Crippen LogP contribution in [0.15, 0.2) is 24.3 Å². The van der Waals surface area contributed by atoms with Gasteiger partial charge in [0.05, 0.1) is 28.7 Å². The van der Waals surface area contributed by atoms with Crippen LogP contribution in [-0.4, -0.2) is 87.7 Å². The van der Waals surface area contributed by atoms with Gasteiger partial charge in [0.1, 0.15) is 5.82 Å². The summed E-state index contributed by atoms with van der Waals surface area (Å²) in [6.07, 6.45) is 3.42. The van der Waals surface area contributed by atoms with E-state index in [1.165, 1.54) is 21.4 Å². The summed E-state index contributed by atoms with van der Waals surface area (Å²) < 4.78 is 5.97. The highest BCUT2D eigenvalue weighted by molar-refractivity contribution is 7.13. The first-order valence-electron chi connectivity index (χ1n) is 14.0. The molecule has 8 nitrogen and oxygen atoms in total. The van der Waals surface area contributed by atoms with Crippen LogP contribution < -0.4 is 4.90 Å². The van der Waals surface area contributed by atoms with Gasteiger partial charge in [-0.3, -0.25) is 19.4 Å². The van der Waals surface area contributed by atoms with E-state index in [0.717, 1.165) is 57.8 Å². The number of carbonyl (C=O) groups is 2. The molecule has 3 saturated carbocycles. The second-order valence-electron chi connectivity index (χ2n) is 12.0. The van der Waals surface area contributed by atoms with E-state index < -0.39 is 24.0 Å². The fraction of sp³-hybridized carbons (Fsp3) is 0.679. The summed E-state index contributed by atoms with van der Waals surface area (Å²) in [6.45, 7) is 5.45. The van der Waals surface area contributed by atoms with E-state index in [0.29, 0.717) is 24.8 Å². The predicted molar refractivity (Wildman–Crippen MR) is 141 cm³/mol. The molecule has 2 aliphatic heterocycles. The number of aliphatic hydroxyl groups is 2. The molecule has 0 spiro atoms. The number of fused-ring (bicyclic) bond motifs is 6. The van der Waals surface area contributed by atoms with E-state index in [1.807, 2.05) is 0 Å². The third-order valence-electron chi connectivity index (χ3n) is 10.2. The number of rotatable bonds is 5. The molecule has 2 amide bonds. The largest absolute Gasteiger partial charge is 0.390 e. The van der Waals surface area contributed by atoms with Crippen molar-refractivity contribution in [2.75, 3.05) is 44.2 Å². The Morgan fingerprint density at radius 3 is 2.16 bits per heavy atom. The molecule has 5 fully saturated rings. The molecule has 37 heavy (non-hydrogen) atoms. The molecular weight excluding hydrogens is 488 g/mol. The lowest BCUT2D eigenvalue weighted by atomic mass is 9.78. The van der Waals surface area contributed by atoms with Gasteiger partial charge in [0.25, 0.3) is 0 Å². The maximum atomic E-state index is 13.3. The van der Waals surface area contributed by atoms with Crippen LogP contribution in [0.5, 0.6) is 0 Å². The number of carbonyl (C=O) groups excluding carboxylic acids is 2. The van der Waals surface area contributed by atoms with Gasteiger partial charge in [-0.1, -0.05) is 25.0 Å². The summed E-state index contributed by atoms with van der Waals surface area (Å²) in [5, 5.41) is 22.0. The summed E-state index contributed by atoms with van der Waals surface area (Å²) >= 11 is 1.57. The van der Waals surface area contributed by atoms with Gasteiger partial charge in [0.15, 0.2) is 0 Å². The number of benzene rings is 1. The van der Waals surface area contributed by atoms with Crippen LogP contribution in [0.25, 0.3) is 10.1 Å². The minimum absolute atomic E-state index is 0.0955. The molecule has 3 heterocycles. The van der Waals surface area contributed by atoms with Crippen molar-refractivity contribution in [2.45, 2.75) is 44.3 Å². The predicted octanol–water partition coefficient (Wildman–Crippen LogP) is 2.20. The topological polar surface area (TPSA) is 97.2 Å². The first kappa shape index (κ1) is 24.0. The van der Waals surface area contributed by atoms with E-state index >= 15 is 0 Å². The van der Waals surface area contributed by atoms with Crippen molar-refractivity contribution in [3.05, 3.63) is 24.3 Å². The Labute approximate surface area is 221 Å². The first-order chi connectivity index (χ1) is 18.0. The third kappa shape index (κ3) is 3.84. The summed E-state index contributed by atoms with van der Waals surface area (Å²) in [4.78, 5) is 33.2. The highest BCUT2D eigenvalue weighted by Crippen LogP contribution is 2.56. The quantitative estimate of drug-likeness (QED) is 0.579. The van der Waals surface area contributed by atoms with Crippen molar-refractivity contribution in [1.82, 2.24) is 14.2 Å². The van der Waals surface area contributed by atoms with Gasteiger partial charge in [0, 0.05) is 56.5 Å². The Morgan fingerprint density at radius 1 is 0.865 bits per heavy atom. The standard InChI is InChI=1S/C28H36N4O4S/c33-24-19-13-20(25(24)34)23-22(19)27(35)32(28(23)36)15-17-6-2-1-5-16(17)14-30-9-11-31(12-10-30)26-18-7-3-4-8-21(18)37-29-26/h3-4,7-8,16-17,19-20,22-25,33-34H,1-2,5-6,9-15H2/t16-,17-,19-,20-,22-,23+,24?,25?/m0/s1. The summed E-state index contributed by atoms with van der Waals surface area (Å²) in [6, 6.07) is 8.44. The number of nitrogens with zero attached hydrogens (tertiary/aromatic N) is 4. The molecule has 3 aliphatic carbocycles. The van der Waals surface area contributed by atoms with Crippen molar-refractivity contribution >= 4 is 39.3 Å². The Balaban J connectivity index is 0.991. The van der Waals surface area contributed by atoms with Gasteiger partial charge >= 0.3 is 0 Å². The number of imide groups is 1. The van der Waals surface area contributed by atoms with E-state index in [1.54, 1.807) is 11.5 Å². The van der Waals surface area contributed by atoms with Gasteiger partial charge < -0.3 is 15.1 Å². The zero-order chi connectivity index (χ0) is 25.3. The molecule has 2 saturated heterocycles. The number of anilines is 1. The maximum absolute atomic E-state index is 13.3. The molecular formula is C28H36N4O4S. The van der Waals surface area contributed by atoms with E-state index in [2.05, 4.69) is 34.1 Å². The van der Waals surface area contributed by atoms with Crippen molar-refractivity contribution in [3.63, 3.8) is 0 Å². The highest BCUT2D eigenvalue weighted by Gasteiger charge is 2.67. The fourth-order valence-corrected chi connectivity index (χ4v) is 9.04. The van der Waals surface area contributed by atoms with E-state index in [-0.39, 0.29) is 23.7 Å². The maximum Gasteiger partial charge on any atom is 0.233 e. The minimum atomic E-state index is -0.869. The number of hydrogen-bond acceptors (Lipinski definition) is 8. The number of amides is 2. The average Bonchev–Trinajstić information content (AvgIpc) is 3.65. The van der Waals surface area contributed by atoms with Gasteiger partial charge in [0.2, 0.25) is 11.8 Å². The van der Waals surface area contributed by atoms with Gasteiger partial charge in [-0.2, -0.15) is 4.37 Å². The number of aliphatic hydroxyl groups excluding tert-OH is 2. The smallest absolute Gasteiger partial charge is 0.233 e. The second kappa shape index (κ2) is 9.29. The van der Waals surface area contributed by atoms with Crippen LogP contribution in [0.4, 0.5) is 5.82 Å². The molecule has 198 valence electrons. The van der Waals surface area contributed by atoms with Crippen LogP contribution >= 0.6 is 11.5 Å². The SMILES string of the molecule is O=C1[C@@H]2[C@H](C(=O)N1C[C@@H]1CCCC[C@H]1CN1CCN(c3nsc4ccccc34)CC1)[C@@H]1C[C@@H]2C(O)C1O. The lowest BCUT2D eigenvalue weighted by Crippen LogP contribution is -2.49. The normalized spacial score (nSPS) is 38.2. The number of piperazine rings is 1. The van der Waals surface area contributed by atoms with Crippen molar-refractivity contribution in [1.29, 1.82) is 0 Å². The monoisotopic (exact) mass is 524 g/mol. The van der Waals surface area contributed by atoms with E-state index in [4.69, 9.17) is 4.37 Å². The van der Waals surface area contributed by atoms with Crippen molar-refractivity contribution in [3.8, 4) is 0 Å². The fourth-order valence-electron chi connectivity index (χ4n) is 8.25. The molecule has 2 unspecified atom stereocenters. The number of likely N-dealkylation sites (tertiary alicyclic amines) is 1. The lowest BCUT2D eigenvalue weighted by molar-refractivity contribution is -0.142. The zero-order valence-electron chi connectivity index (χ0n) is 21.1. The van der Waals surface area contributed by atoms with Gasteiger partial charge in [-0.15, -0.1) is 0 Å². The average molecular weight is 525 g/mol. The van der Waals surface area contributed by atoms with Gasteiger partial charge in [-0.05, 0) is 54.8 Å². The first-order valence-corrected chi connectivity index (χ1v) is 14.8. The summed E-state index contributed by atoms with van der Waals surface area (Å²) in [7, 11) is 0. The molecule has 1 aromatic carbocycles. The highest BCUT2D eigenvalue weighted by atomic mass is 32.1. The van der Waals surface area contributed by atoms with Crippen LogP contribution in [0.2, 0.25) is 0 Å². The molecule has 2 aromatic rings. The third-order valence-corrected chi connectivity index (χ3v) is 11.0. The molecule has 8 atom stereocenters. The van der Waals surface area contributed by atoms with Crippen molar-refractivity contribution in [2.24, 2.45) is 35.5 Å². The number of hydrogen-bond donors (Lipinski definition) is 2. The molecule has 2 bridgehead atoms.